The van der Waals surface area contributed by atoms with Crippen LogP contribution in [-0.2, 0) is 15.1 Å². The standard InChI is InChI=1S/C17H17N3O3S2/c1-17(13-7-4-8-25-13)15(22)20(16(23)19-17)10-14(21)18-11-5-3-6-12(9-11)24-2/h3-9H,10H2,1-2H3,(H,18,21)(H,19,23)/t17-/m1/s1. The lowest BCUT2D eigenvalue weighted by atomic mass is 10.0. The van der Waals surface area contributed by atoms with Crippen molar-refractivity contribution in [2.45, 2.75) is 17.4 Å². The van der Waals surface area contributed by atoms with Gasteiger partial charge in [-0.2, -0.15) is 0 Å². The van der Waals surface area contributed by atoms with Crippen molar-refractivity contribution in [3.8, 4) is 0 Å². The van der Waals surface area contributed by atoms with Gasteiger partial charge in [-0.25, -0.2) is 4.79 Å². The Labute approximate surface area is 153 Å². The number of anilines is 1. The first kappa shape index (κ1) is 17.5. The number of amides is 4. The second-order valence-electron chi connectivity index (χ2n) is 5.70. The molecule has 2 heterocycles. The number of thioether (sulfide) groups is 1. The molecule has 1 aliphatic heterocycles. The summed E-state index contributed by atoms with van der Waals surface area (Å²) in [6.07, 6.45) is 1.94. The van der Waals surface area contributed by atoms with E-state index >= 15 is 0 Å². The first-order valence-corrected chi connectivity index (χ1v) is 9.66. The summed E-state index contributed by atoms with van der Waals surface area (Å²) in [6.45, 7) is 1.33. The average molecular weight is 375 g/mol. The monoisotopic (exact) mass is 375 g/mol. The summed E-state index contributed by atoms with van der Waals surface area (Å²) in [7, 11) is 0. The SMILES string of the molecule is CSc1cccc(NC(=O)CN2C(=O)N[C@](C)(c3cccs3)C2=O)c1. The fourth-order valence-electron chi connectivity index (χ4n) is 2.62. The molecular formula is C17H17N3O3S2. The van der Waals surface area contributed by atoms with Gasteiger partial charge in [0, 0.05) is 15.5 Å². The van der Waals surface area contributed by atoms with Gasteiger partial charge in [-0.3, -0.25) is 14.5 Å². The normalized spacial score (nSPS) is 19.8. The highest BCUT2D eigenvalue weighted by Gasteiger charge is 2.50. The molecule has 1 atom stereocenters. The second-order valence-corrected chi connectivity index (χ2v) is 7.53. The minimum atomic E-state index is -1.12. The van der Waals surface area contributed by atoms with Crippen LogP contribution in [0, 0.1) is 0 Å². The summed E-state index contributed by atoms with van der Waals surface area (Å²) in [6, 6.07) is 10.4. The van der Waals surface area contributed by atoms with Crippen molar-refractivity contribution in [3.63, 3.8) is 0 Å². The Balaban J connectivity index is 1.71. The number of carbonyl (C=O) groups is 3. The van der Waals surface area contributed by atoms with Crippen molar-refractivity contribution in [1.82, 2.24) is 10.2 Å². The van der Waals surface area contributed by atoms with Crippen molar-refractivity contribution in [2.24, 2.45) is 0 Å². The number of nitrogens with zero attached hydrogens (tertiary/aromatic N) is 1. The number of imide groups is 1. The van der Waals surface area contributed by atoms with Crippen LogP contribution in [-0.4, -0.2) is 35.5 Å². The Bertz CT molecular complexity index is 822. The fourth-order valence-corrected chi connectivity index (χ4v) is 3.91. The maximum Gasteiger partial charge on any atom is 0.325 e. The van der Waals surface area contributed by atoms with Gasteiger partial charge in [-0.15, -0.1) is 23.1 Å². The van der Waals surface area contributed by atoms with Crippen molar-refractivity contribution >= 4 is 46.6 Å². The van der Waals surface area contributed by atoms with Crippen LogP contribution < -0.4 is 10.6 Å². The first-order chi connectivity index (χ1) is 11.9. The van der Waals surface area contributed by atoms with Crippen molar-refractivity contribution in [3.05, 3.63) is 46.7 Å². The molecular weight excluding hydrogens is 358 g/mol. The molecule has 0 bridgehead atoms. The van der Waals surface area contributed by atoms with Crippen LogP contribution in [0.5, 0.6) is 0 Å². The molecule has 1 aromatic carbocycles. The lowest BCUT2D eigenvalue weighted by molar-refractivity contribution is -0.133. The predicted molar refractivity (Wildman–Crippen MR) is 98.8 cm³/mol. The highest BCUT2D eigenvalue weighted by molar-refractivity contribution is 7.98. The minimum absolute atomic E-state index is 0.324. The Morgan fingerprint density at radius 3 is 2.80 bits per heavy atom. The molecule has 1 aliphatic rings. The van der Waals surface area contributed by atoms with Gasteiger partial charge < -0.3 is 10.6 Å². The lowest BCUT2D eigenvalue weighted by Crippen LogP contribution is -2.41. The van der Waals surface area contributed by atoms with Crippen molar-refractivity contribution < 1.29 is 14.4 Å². The molecule has 4 amide bonds. The predicted octanol–water partition coefficient (Wildman–Crippen LogP) is 2.88. The van der Waals surface area contributed by atoms with E-state index in [4.69, 9.17) is 0 Å². The fraction of sp³-hybridized carbons (Fsp3) is 0.235. The third kappa shape index (κ3) is 3.40. The van der Waals surface area contributed by atoms with Crippen LogP contribution in [0.3, 0.4) is 0 Å². The van der Waals surface area contributed by atoms with E-state index < -0.39 is 23.4 Å². The smallest absolute Gasteiger partial charge is 0.324 e. The van der Waals surface area contributed by atoms with Crippen molar-refractivity contribution in [1.29, 1.82) is 0 Å². The van der Waals surface area contributed by atoms with E-state index in [0.29, 0.717) is 5.69 Å². The van der Waals surface area contributed by atoms with E-state index in [1.54, 1.807) is 30.8 Å². The van der Waals surface area contributed by atoms with Gasteiger partial charge in [0.15, 0.2) is 5.54 Å². The number of carbonyl (C=O) groups excluding carboxylic acids is 3. The second kappa shape index (κ2) is 6.89. The molecule has 2 aromatic rings. The summed E-state index contributed by atoms with van der Waals surface area (Å²) in [5, 5.41) is 7.25. The van der Waals surface area contributed by atoms with Gasteiger partial charge in [0.05, 0.1) is 0 Å². The molecule has 1 fully saturated rings. The van der Waals surface area contributed by atoms with Gasteiger partial charge in [-0.1, -0.05) is 12.1 Å². The maximum absolute atomic E-state index is 12.7. The molecule has 0 saturated carbocycles. The molecule has 130 valence electrons. The Kier molecular flexibility index (Phi) is 4.82. The molecule has 8 heteroatoms. The van der Waals surface area contributed by atoms with E-state index in [9.17, 15) is 14.4 Å². The van der Waals surface area contributed by atoms with Crippen molar-refractivity contribution in [2.75, 3.05) is 18.1 Å². The zero-order valence-electron chi connectivity index (χ0n) is 13.7. The molecule has 0 radical (unpaired) electrons. The topological polar surface area (TPSA) is 78.5 Å². The van der Waals surface area contributed by atoms with Crippen LogP contribution in [0.4, 0.5) is 10.5 Å². The Morgan fingerprint density at radius 2 is 2.12 bits per heavy atom. The largest absolute Gasteiger partial charge is 0.325 e. The number of thiophene rings is 1. The molecule has 0 aliphatic carbocycles. The molecule has 0 unspecified atom stereocenters. The van der Waals surface area contributed by atoms with E-state index in [2.05, 4.69) is 10.6 Å². The lowest BCUT2D eigenvalue weighted by Gasteiger charge is -2.20. The van der Waals surface area contributed by atoms with E-state index in [1.807, 2.05) is 35.9 Å². The van der Waals surface area contributed by atoms with Crippen LogP contribution >= 0.6 is 23.1 Å². The Morgan fingerprint density at radius 1 is 1.32 bits per heavy atom. The van der Waals surface area contributed by atoms with Crippen LogP contribution in [0.15, 0.2) is 46.7 Å². The van der Waals surface area contributed by atoms with E-state index in [0.717, 1.165) is 14.7 Å². The third-order valence-corrected chi connectivity index (χ3v) is 5.76. The summed E-state index contributed by atoms with van der Waals surface area (Å²) < 4.78 is 0. The first-order valence-electron chi connectivity index (χ1n) is 7.56. The molecule has 0 spiro atoms. The van der Waals surface area contributed by atoms with Crippen LogP contribution in [0.1, 0.15) is 11.8 Å². The third-order valence-electron chi connectivity index (χ3n) is 3.94. The van der Waals surface area contributed by atoms with Gasteiger partial charge in [0.25, 0.3) is 5.91 Å². The summed E-state index contributed by atoms with van der Waals surface area (Å²) in [5.41, 5.74) is -0.491. The van der Waals surface area contributed by atoms with E-state index in [1.165, 1.54) is 11.3 Å². The number of benzene rings is 1. The molecule has 1 saturated heterocycles. The van der Waals surface area contributed by atoms with Gasteiger partial charge in [0.2, 0.25) is 5.91 Å². The summed E-state index contributed by atoms with van der Waals surface area (Å²) >= 11 is 2.95. The minimum Gasteiger partial charge on any atom is -0.324 e. The van der Waals surface area contributed by atoms with Crippen LogP contribution in [0.2, 0.25) is 0 Å². The molecule has 2 N–H and O–H groups in total. The zero-order chi connectivity index (χ0) is 18.0. The maximum atomic E-state index is 12.7. The molecule has 1 aromatic heterocycles. The number of urea groups is 1. The number of nitrogens with one attached hydrogen (secondary N) is 2. The van der Waals surface area contributed by atoms with Gasteiger partial charge in [0.1, 0.15) is 6.54 Å². The van der Waals surface area contributed by atoms with E-state index in [-0.39, 0.29) is 6.54 Å². The zero-order valence-corrected chi connectivity index (χ0v) is 15.4. The highest BCUT2D eigenvalue weighted by atomic mass is 32.2. The number of hydrogen-bond donors (Lipinski definition) is 2. The van der Waals surface area contributed by atoms with Gasteiger partial charge >= 0.3 is 6.03 Å². The Hall–Kier alpha value is -2.32. The highest BCUT2D eigenvalue weighted by Crippen LogP contribution is 2.31. The number of hydrogen-bond acceptors (Lipinski definition) is 5. The summed E-state index contributed by atoms with van der Waals surface area (Å²) in [5.74, 6) is -0.842. The average Bonchev–Trinajstić information content (AvgIpc) is 3.20. The quantitative estimate of drug-likeness (QED) is 0.622. The number of rotatable bonds is 5. The molecule has 6 nitrogen and oxygen atoms in total. The van der Waals surface area contributed by atoms with Crippen LogP contribution in [0.25, 0.3) is 0 Å². The summed E-state index contributed by atoms with van der Waals surface area (Å²) in [4.78, 5) is 39.9. The molecule has 3 rings (SSSR count). The molecule has 25 heavy (non-hydrogen) atoms. The van der Waals surface area contributed by atoms with Gasteiger partial charge in [-0.05, 0) is 42.8 Å².